The highest BCUT2D eigenvalue weighted by atomic mass is 16.6. The van der Waals surface area contributed by atoms with Crippen LogP contribution in [0.5, 0.6) is 5.75 Å². The van der Waals surface area contributed by atoms with Crippen molar-refractivity contribution in [3.63, 3.8) is 0 Å². The lowest BCUT2D eigenvalue weighted by Crippen LogP contribution is -2.53. The molecule has 28 heavy (non-hydrogen) atoms. The second kappa shape index (κ2) is 8.02. The van der Waals surface area contributed by atoms with E-state index in [1.54, 1.807) is 12.1 Å². The highest BCUT2D eigenvalue weighted by Gasteiger charge is 2.37. The average molecular weight is 389 g/mol. The number of hydrogen-bond acceptors (Lipinski definition) is 7. The maximum Gasteiger partial charge on any atom is 0.342 e. The number of aliphatic hydroxyl groups excluding tert-OH is 1. The van der Waals surface area contributed by atoms with Gasteiger partial charge in [0.2, 0.25) is 0 Å². The second-order valence-electron chi connectivity index (χ2n) is 7.41. The number of carbonyl (C=O) groups excluding carboxylic acids is 3. The summed E-state index contributed by atoms with van der Waals surface area (Å²) in [4.78, 5) is 36.0. The number of fused-ring (bicyclic) bond motifs is 1. The number of amides is 1. The number of phenols is 1. The zero-order valence-electron chi connectivity index (χ0n) is 15.6. The third-order valence-electron chi connectivity index (χ3n) is 4.77. The molecule has 0 saturated carbocycles. The van der Waals surface area contributed by atoms with Crippen LogP contribution in [0.15, 0.2) is 30.4 Å². The first-order valence-corrected chi connectivity index (χ1v) is 9.15. The summed E-state index contributed by atoms with van der Waals surface area (Å²) >= 11 is 0. The monoisotopic (exact) mass is 389 g/mol. The average Bonchev–Trinajstić information content (AvgIpc) is 3.06. The van der Waals surface area contributed by atoms with Gasteiger partial charge in [0.15, 0.2) is 12.2 Å². The lowest BCUT2D eigenvalue weighted by molar-refractivity contribution is -0.148. The van der Waals surface area contributed by atoms with Gasteiger partial charge in [0, 0.05) is 12.5 Å². The minimum atomic E-state index is -1.56. The van der Waals surface area contributed by atoms with Crippen LogP contribution in [0.2, 0.25) is 0 Å². The van der Waals surface area contributed by atoms with E-state index in [-0.39, 0.29) is 17.2 Å². The van der Waals surface area contributed by atoms with Gasteiger partial charge in [0.25, 0.3) is 5.91 Å². The molecule has 0 aromatic heterocycles. The molecule has 150 valence electrons. The SMILES string of the molecule is CC(C)CC(NC(=O)C(O)C1C=CC(=O)O1)C1Cc2cccc(O)c2C(=O)O1. The minimum Gasteiger partial charge on any atom is -0.507 e. The zero-order chi connectivity index (χ0) is 20.4. The topological polar surface area (TPSA) is 122 Å². The third kappa shape index (κ3) is 4.17. The van der Waals surface area contributed by atoms with Gasteiger partial charge in [-0.25, -0.2) is 9.59 Å². The number of benzene rings is 1. The minimum absolute atomic E-state index is 0.136. The molecule has 2 heterocycles. The van der Waals surface area contributed by atoms with Gasteiger partial charge in [-0.05, 0) is 30.0 Å². The predicted octanol–water partition coefficient (Wildman–Crippen LogP) is 0.847. The molecule has 8 heteroatoms. The highest BCUT2D eigenvalue weighted by molar-refractivity contribution is 5.95. The Bertz CT molecular complexity index is 817. The summed E-state index contributed by atoms with van der Waals surface area (Å²) in [5.41, 5.74) is 0.772. The number of carbonyl (C=O) groups is 3. The number of esters is 2. The van der Waals surface area contributed by atoms with Crippen molar-refractivity contribution in [1.29, 1.82) is 0 Å². The molecule has 0 bridgehead atoms. The lowest BCUT2D eigenvalue weighted by atomic mass is 9.90. The molecule has 4 unspecified atom stereocenters. The smallest absolute Gasteiger partial charge is 0.342 e. The predicted molar refractivity (Wildman–Crippen MR) is 97.4 cm³/mol. The lowest BCUT2D eigenvalue weighted by Gasteiger charge is -2.33. The molecule has 4 atom stereocenters. The van der Waals surface area contributed by atoms with E-state index in [2.05, 4.69) is 5.32 Å². The summed E-state index contributed by atoms with van der Waals surface area (Å²) in [5.74, 6) is -1.95. The molecule has 8 nitrogen and oxygen atoms in total. The van der Waals surface area contributed by atoms with Gasteiger partial charge in [0.05, 0.1) is 6.04 Å². The molecule has 0 saturated heterocycles. The Hall–Kier alpha value is -2.87. The Morgan fingerprint density at radius 3 is 2.68 bits per heavy atom. The van der Waals surface area contributed by atoms with Crippen LogP contribution in [-0.4, -0.2) is 52.4 Å². The van der Waals surface area contributed by atoms with E-state index in [1.165, 1.54) is 12.1 Å². The van der Waals surface area contributed by atoms with E-state index >= 15 is 0 Å². The van der Waals surface area contributed by atoms with Gasteiger partial charge < -0.3 is 25.0 Å². The normalized spacial score (nSPS) is 23.0. The molecule has 0 fully saturated rings. The Labute approximate surface area is 162 Å². The maximum absolute atomic E-state index is 12.5. The quantitative estimate of drug-likeness (QED) is 0.617. The van der Waals surface area contributed by atoms with Crippen LogP contribution < -0.4 is 5.32 Å². The van der Waals surface area contributed by atoms with Gasteiger partial charge in [0.1, 0.15) is 17.4 Å². The Kier molecular flexibility index (Phi) is 5.69. The first-order valence-electron chi connectivity index (χ1n) is 9.15. The Morgan fingerprint density at radius 1 is 1.29 bits per heavy atom. The molecular formula is C20H23NO7. The van der Waals surface area contributed by atoms with Gasteiger partial charge in [-0.3, -0.25) is 4.79 Å². The zero-order valence-corrected chi connectivity index (χ0v) is 15.6. The van der Waals surface area contributed by atoms with Crippen molar-refractivity contribution >= 4 is 17.8 Å². The van der Waals surface area contributed by atoms with Crippen molar-refractivity contribution in [2.24, 2.45) is 5.92 Å². The van der Waals surface area contributed by atoms with E-state index in [9.17, 15) is 24.6 Å². The van der Waals surface area contributed by atoms with Crippen LogP contribution in [0.3, 0.4) is 0 Å². The summed E-state index contributed by atoms with van der Waals surface area (Å²) in [6.07, 6.45) is 0.0450. The fourth-order valence-corrected chi connectivity index (χ4v) is 3.46. The number of hydrogen-bond donors (Lipinski definition) is 3. The van der Waals surface area contributed by atoms with Crippen molar-refractivity contribution < 1.29 is 34.1 Å². The summed E-state index contributed by atoms with van der Waals surface area (Å²) in [5, 5.41) is 22.8. The van der Waals surface area contributed by atoms with Crippen LogP contribution in [0.4, 0.5) is 0 Å². The van der Waals surface area contributed by atoms with E-state index in [0.29, 0.717) is 18.4 Å². The highest BCUT2D eigenvalue weighted by Crippen LogP contribution is 2.30. The number of ether oxygens (including phenoxy) is 2. The number of aliphatic hydroxyl groups is 1. The Balaban J connectivity index is 1.75. The maximum atomic E-state index is 12.5. The van der Waals surface area contributed by atoms with Crippen molar-refractivity contribution in [2.45, 2.75) is 51.0 Å². The van der Waals surface area contributed by atoms with Gasteiger partial charge in [-0.2, -0.15) is 0 Å². The fraction of sp³-hybridized carbons (Fsp3) is 0.450. The van der Waals surface area contributed by atoms with E-state index < -0.39 is 42.2 Å². The molecule has 2 aliphatic heterocycles. The molecule has 0 aliphatic carbocycles. The van der Waals surface area contributed by atoms with Crippen LogP contribution in [0.25, 0.3) is 0 Å². The number of phenolic OH excluding ortho intramolecular Hbond substituents is 1. The van der Waals surface area contributed by atoms with Crippen LogP contribution >= 0.6 is 0 Å². The van der Waals surface area contributed by atoms with Crippen LogP contribution in [0.1, 0.15) is 36.2 Å². The molecule has 0 radical (unpaired) electrons. The molecule has 3 N–H and O–H groups in total. The van der Waals surface area contributed by atoms with Crippen molar-refractivity contribution in [3.05, 3.63) is 41.5 Å². The number of rotatable bonds is 6. The second-order valence-corrected chi connectivity index (χ2v) is 7.41. The molecular weight excluding hydrogens is 366 g/mol. The number of aromatic hydroxyl groups is 1. The van der Waals surface area contributed by atoms with E-state index in [0.717, 1.165) is 6.08 Å². The number of nitrogens with one attached hydrogen (secondary N) is 1. The van der Waals surface area contributed by atoms with Crippen molar-refractivity contribution in [2.75, 3.05) is 0 Å². The van der Waals surface area contributed by atoms with Gasteiger partial charge >= 0.3 is 11.9 Å². The first kappa shape index (κ1) is 19.9. The van der Waals surface area contributed by atoms with Crippen LogP contribution in [0, 0.1) is 5.92 Å². The molecule has 0 spiro atoms. The van der Waals surface area contributed by atoms with Gasteiger partial charge in [-0.1, -0.05) is 26.0 Å². The van der Waals surface area contributed by atoms with E-state index in [4.69, 9.17) is 9.47 Å². The largest absolute Gasteiger partial charge is 0.507 e. The standard InChI is InChI=1S/C20H23NO7/c1-10(2)8-12(21-19(25)18(24)14-6-7-16(23)27-14)15-9-11-4-3-5-13(22)17(11)20(26)28-15/h3-7,10,12,14-15,18,22,24H,8-9H2,1-2H3,(H,21,25). The third-order valence-corrected chi connectivity index (χ3v) is 4.77. The molecule has 1 amide bonds. The van der Waals surface area contributed by atoms with Crippen LogP contribution in [-0.2, 0) is 25.5 Å². The molecule has 1 aromatic carbocycles. The Morgan fingerprint density at radius 2 is 2.04 bits per heavy atom. The first-order chi connectivity index (χ1) is 13.3. The number of cyclic esters (lactones) is 2. The fourth-order valence-electron chi connectivity index (χ4n) is 3.46. The van der Waals surface area contributed by atoms with Gasteiger partial charge in [-0.15, -0.1) is 0 Å². The summed E-state index contributed by atoms with van der Waals surface area (Å²) in [7, 11) is 0. The molecule has 3 rings (SSSR count). The molecule has 1 aromatic rings. The van der Waals surface area contributed by atoms with Crippen molar-refractivity contribution in [1.82, 2.24) is 5.32 Å². The van der Waals surface area contributed by atoms with E-state index in [1.807, 2.05) is 13.8 Å². The summed E-state index contributed by atoms with van der Waals surface area (Å²) in [6, 6.07) is 4.24. The summed E-state index contributed by atoms with van der Waals surface area (Å²) in [6.45, 7) is 3.92. The summed E-state index contributed by atoms with van der Waals surface area (Å²) < 4.78 is 10.3. The van der Waals surface area contributed by atoms with Crippen molar-refractivity contribution in [3.8, 4) is 5.75 Å². The molecule has 2 aliphatic rings.